The Hall–Kier alpha value is -3.35. The number of alkyl halides is 15. The van der Waals surface area contributed by atoms with E-state index in [9.17, 15) is 75.4 Å². The summed E-state index contributed by atoms with van der Waals surface area (Å²) in [5.74, 6) is -52.3. The third-order valence-electron chi connectivity index (χ3n) is 5.23. The molecule has 234 valence electrons. The van der Waals surface area contributed by atoms with E-state index in [-0.39, 0.29) is 5.56 Å². The van der Waals surface area contributed by atoms with Gasteiger partial charge >= 0.3 is 53.7 Å². The molecular weight excluding hydrogens is 615 g/mol. The number of rotatable bonds is 12. The SMILES string of the molecule is COC(=O)/C=C(\NC(Cc1ccccc1)C(=O)OC)C(F)(F)C(F)(F)C(F)(F)C(F)(F)C(F)(F)C(F)(F)C(F)(F)F. The van der Waals surface area contributed by atoms with Gasteiger partial charge in [-0.15, -0.1) is 0 Å². The average molecular weight is 631 g/mol. The molecule has 0 aliphatic rings. The number of methoxy groups -OCH3 is 2. The van der Waals surface area contributed by atoms with E-state index in [4.69, 9.17) is 0 Å². The van der Waals surface area contributed by atoms with Crippen LogP contribution >= 0.6 is 0 Å². The molecular formula is C21H16F15NO4. The van der Waals surface area contributed by atoms with Crippen molar-refractivity contribution in [3.63, 3.8) is 0 Å². The lowest BCUT2D eigenvalue weighted by Gasteiger charge is -2.42. The van der Waals surface area contributed by atoms with Crippen LogP contribution in [-0.2, 0) is 25.5 Å². The van der Waals surface area contributed by atoms with E-state index in [0.29, 0.717) is 14.2 Å². The molecule has 0 saturated heterocycles. The Labute approximate surface area is 219 Å². The summed E-state index contributed by atoms with van der Waals surface area (Å²) in [5, 5.41) is 1.14. The highest BCUT2D eigenvalue weighted by Gasteiger charge is 2.93. The number of halogens is 15. The van der Waals surface area contributed by atoms with E-state index in [1.54, 1.807) is 0 Å². The second kappa shape index (κ2) is 11.5. The Balaban J connectivity index is 3.79. The molecule has 1 unspecified atom stereocenters. The van der Waals surface area contributed by atoms with Gasteiger partial charge in [0, 0.05) is 12.5 Å². The van der Waals surface area contributed by atoms with Gasteiger partial charge in [-0.05, 0) is 5.56 Å². The van der Waals surface area contributed by atoms with Crippen molar-refractivity contribution in [3.05, 3.63) is 47.7 Å². The van der Waals surface area contributed by atoms with Crippen molar-refractivity contribution in [2.24, 2.45) is 0 Å². The fraction of sp³-hybridized carbons (Fsp3) is 0.524. The fourth-order valence-corrected chi connectivity index (χ4v) is 2.91. The van der Waals surface area contributed by atoms with Crippen molar-refractivity contribution < 1.29 is 84.9 Å². The predicted molar refractivity (Wildman–Crippen MR) is 105 cm³/mol. The zero-order chi connectivity index (χ0) is 32.5. The van der Waals surface area contributed by atoms with Gasteiger partial charge in [-0.2, -0.15) is 65.9 Å². The molecule has 1 N–H and O–H groups in total. The molecule has 0 heterocycles. The summed E-state index contributed by atoms with van der Waals surface area (Å²) in [6.07, 6.45) is -9.40. The van der Waals surface area contributed by atoms with Crippen LogP contribution < -0.4 is 5.32 Å². The molecule has 0 bridgehead atoms. The predicted octanol–water partition coefficient (Wildman–Crippen LogP) is 5.79. The number of carbonyl (C=O) groups is 2. The Morgan fingerprint density at radius 3 is 1.56 bits per heavy atom. The smallest absolute Gasteiger partial charge is 0.460 e. The number of nitrogens with one attached hydrogen (secondary N) is 1. The van der Waals surface area contributed by atoms with Gasteiger partial charge < -0.3 is 14.8 Å². The molecule has 0 aliphatic heterocycles. The lowest BCUT2D eigenvalue weighted by Crippen LogP contribution is -2.73. The Kier molecular flexibility index (Phi) is 10.0. The van der Waals surface area contributed by atoms with Crippen LogP contribution in [0, 0.1) is 0 Å². The van der Waals surface area contributed by atoms with Crippen LogP contribution in [0.5, 0.6) is 0 Å². The topological polar surface area (TPSA) is 64.6 Å². The van der Waals surface area contributed by atoms with Crippen molar-refractivity contribution >= 4 is 11.9 Å². The maximum absolute atomic E-state index is 14.9. The van der Waals surface area contributed by atoms with Gasteiger partial charge in [-0.25, -0.2) is 9.59 Å². The Morgan fingerprint density at radius 1 is 0.707 bits per heavy atom. The zero-order valence-electron chi connectivity index (χ0n) is 20.1. The van der Waals surface area contributed by atoms with E-state index in [1.165, 1.54) is 30.3 Å². The third-order valence-corrected chi connectivity index (χ3v) is 5.23. The summed E-state index contributed by atoms with van der Waals surface area (Å²) < 4.78 is 213. The summed E-state index contributed by atoms with van der Waals surface area (Å²) in [7, 11) is 0.979. The van der Waals surface area contributed by atoms with Gasteiger partial charge in [-0.3, -0.25) is 0 Å². The first-order chi connectivity index (χ1) is 18.3. The van der Waals surface area contributed by atoms with Crippen LogP contribution in [-0.4, -0.2) is 73.9 Å². The highest BCUT2D eigenvalue weighted by atomic mass is 19.4. The van der Waals surface area contributed by atoms with E-state index < -0.39 is 77.9 Å². The molecule has 0 fully saturated rings. The minimum atomic E-state index is -8.53. The van der Waals surface area contributed by atoms with E-state index >= 15 is 0 Å². The number of esters is 2. The van der Waals surface area contributed by atoms with Gasteiger partial charge in [-0.1, -0.05) is 30.3 Å². The molecule has 1 atom stereocenters. The molecule has 0 aliphatic carbocycles. The quantitative estimate of drug-likeness (QED) is 0.180. The number of hydrogen-bond donors (Lipinski definition) is 1. The van der Waals surface area contributed by atoms with Crippen LogP contribution in [0.25, 0.3) is 0 Å². The van der Waals surface area contributed by atoms with Crippen LogP contribution in [0.3, 0.4) is 0 Å². The lowest BCUT2D eigenvalue weighted by molar-refractivity contribution is -0.450. The zero-order valence-corrected chi connectivity index (χ0v) is 20.1. The molecule has 20 heteroatoms. The van der Waals surface area contributed by atoms with Gasteiger partial charge in [0.25, 0.3) is 0 Å². The van der Waals surface area contributed by atoms with Gasteiger partial charge in [0.05, 0.1) is 19.9 Å². The molecule has 0 aromatic heterocycles. The largest absolute Gasteiger partial charge is 0.467 e. The van der Waals surface area contributed by atoms with Crippen LogP contribution in [0.15, 0.2) is 42.1 Å². The number of allylic oxidation sites excluding steroid dienone is 1. The first kappa shape index (κ1) is 35.7. The van der Waals surface area contributed by atoms with E-state index in [1.807, 2.05) is 0 Å². The highest BCUT2D eigenvalue weighted by Crippen LogP contribution is 2.63. The summed E-state index contributed by atoms with van der Waals surface area (Å²) in [6.45, 7) is 0. The highest BCUT2D eigenvalue weighted by molar-refractivity contribution is 5.83. The molecule has 41 heavy (non-hydrogen) atoms. The molecule has 1 aromatic rings. The molecule has 5 nitrogen and oxygen atoms in total. The first-order valence-electron chi connectivity index (χ1n) is 10.3. The summed E-state index contributed by atoms with van der Waals surface area (Å²) in [6, 6.07) is 4.00. The summed E-state index contributed by atoms with van der Waals surface area (Å²) in [5.41, 5.74) is -2.89. The van der Waals surface area contributed by atoms with Gasteiger partial charge in [0.15, 0.2) is 0 Å². The fourth-order valence-electron chi connectivity index (χ4n) is 2.91. The number of ether oxygens (including phenoxy) is 2. The molecule has 0 radical (unpaired) electrons. The third kappa shape index (κ3) is 6.14. The molecule has 1 aromatic carbocycles. The van der Waals surface area contributed by atoms with Crippen molar-refractivity contribution in [2.75, 3.05) is 14.2 Å². The first-order valence-corrected chi connectivity index (χ1v) is 10.3. The average Bonchev–Trinajstić information content (AvgIpc) is 2.86. The second-order valence-corrected chi connectivity index (χ2v) is 7.94. The minimum Gasteiger partial charge on any atom is -0.467 e. The van der Waals surface area contributed by atoms with Crippen LogP contribution in [0.2, 0.25) is 0 Å². The lowest BCUT2D eigenvalue weighted by atomic mass is 9.89. The number of benzene rings is 1. The Bertz CT molecular complexity index is 1120. The maximum atomic E-state index is 14.9. The van der Waals surface area contributed by atoms with Gasteiger partial charge in [0.2, 0.25) is 0 Å². The van der Waals surface area contributed by atoms with E-state index in [2.05, 4.69) is 9.47 Å². The molecule has 0 saturated carbocycles. The standard InChI is InChI=1S/C21H16F15NO4/c1-40-13(38)9-12(37-11(14(39)41-2)8-10-6-4-3-5-7-10)15(22,23)16(24,25)17(26,27)18(28,29)19(30,31)20(32,33)21(34,35)36/h3-7,9,11,37H,8H2,1-2H3/b12-9-. The second-order valence-electron chi connectivity index (χ2n) is 7.94. The minimum absolute atomic E-state index is 0.00813. The van der Waals surface area contributed by atoms with Crippen molar-refractivity contribution in [2.45, 2.75) is 54.2 Å². The monoisotopic (exact) mass is 631 g/mol. The van der Waals surface area contributed by atoms with Gasteiger partial charge in [0.1, 0.15) is 6.04 Å². The van der Waals surface area contributed by atoms with E-state index in [0.717, 1.165) is 5.32 Å². The van der Waals surface area contributed by atoms with Crippen LogP contribution in [0.4, 0.5) is 65.9 Å². The summed E-state index contributed by atoms with van der Waals surface area (Å²) >= 11 is 0. The van der Waals surface area contributed by atoms with Crippen LogP contribution in [0.1, 0.15) is 5.56 Å². The number of carbonyl (C=O) groups excluding carboxylic acids is 2. The van der Waals surface area contributed by atoms with Crippen molar-refractivity contribution in [3.8, 4) is 0 Å². The maximum Gasteiger partial charge on any atom is 0.460 e. The molecule has 0 spiro atoms. The Morgan fingerprint density at radius 2 is 1.15 bits per heavy atom. The molecule has 0 amide bonds. The van der Waals surface area contributed by atoms with Crippen molar-refractivity contribution in [1.82, 2.24) is 5.32 Å². The number of hydrogen-bond acceptors (Lipinski definition) is 5. The van der Waals surface area contributed by atoms with Crippen molar-refractivity contribution in [1.29, 1.82) is 0 Å². The normalized spacial score (nSPS) is 15.3. The summed E-state index contributed by atoms with van der Waals surface area (Å²) in [4.78, 5) is 23.6. The molecule has 1 rings (SSSR count).